The molecule has 0 amide bonds. The van der Waals surface area contributed by atoms with Crippen LogP contribution in [0, 0.1) is 0 Å². The van der Waals surface area contributed by atoms with E-state index in [1.54, 1.807) is 0 Å². The zero-order chi connectivity index (χ0) is 10.4. The molecule has 84 valence electrons. The molecule has 0 fully saturated rings. The fourth-order valence-electron chi connectivity index (χ4n) is 1.24. The zero-order valence-corrected chi connectivity index (χ0v) is 9.50. The summed E-state index contributed by atoms with van der Waals surface area (Å²) in [6, 6.07) is 9.43. The molecule has 0 spiro atoms. The van der Waals surface area contributed by atoms with Crippen molar-refractivity contribution in [3.05, 3.63) is 35.9 Å². The summed E-state index contributed by atoms with van der Waals surface area (Å²) >= 11 is 0. The third-order valence-electron chi connectivity index (χ3n) is 2.09. The molecular weight excluding hydrogens is 214 g/mol. The summed E-state index contributed by atoms with van der Waals surface area (Å²) in [6.07, 6.45) is 1.42. The van der Waals surface area contributed by atoms with Gasteiger partial charge in [-0.25, -0.2) is 0 Å². The summed E-state index contributed by atoms with van der Waals surface area (Å²) in [6.45, 7) is 0. The molecule has 0 heterocycles. The van der Waals surface area contributed by atoms with E-state index >= 15 is 0 Å². The smallest absolute Gasteiger partial charge is 0.322 e. The van der Waals surface area contributed by atoms with Crippen molar-refractivity contribution in [3.63, 3.8) is 0 Å². The van der Waals surface area contributed by atoms with Gasteiger partial charge in [0.2, 0.25) is 0 Å². The van der Waals surface area contributed by atoms with Crippen LogP contribution in [-0.4, -0.2) is 19.1 Å². The molecule has 3 nitrogen and oxygen atoms in total. The number of halogens is 1. The number of carbonyl (C=O) groups is 1. The lowest BCUT2D eigenvalue weighted by atomic mass is 10.1. The second-order valence-electron chi connectivity index (χ2n) is 3.15. The molecule has 0 saturated heterocycles. The number of carbonyl (C=O) groups excluding carboxylic acids is 1. The van der Waals surface area contributed by atoms with Gasteiger partial charge in [0, 0.05) is 0 Å². The maximum Gasteiger partial charge on any atom is 0.322 e. The van der Waals surface area contributed by atoms with Crippen molar-refractivity contribution in [3.8, 4) is 0 Å². The average Bonchev–Trinajstić information content (AvgIpc) is 2.26. The lowest BCUT2D eigenvalue weighted by Crippen LogP contribution is -2.31. The molecular formula is C11H16ClNO2. The van der Waals surface area contributed by atoms with E-state index in [1.165, 1.54) is 12.7 Å². The van der Waals surface area contributed by atoms with Gasteiger partial charge in [0.05, 0.1) is 7.11 Å². The van der Waals surface area contributed by atoms with Crippen LogP contribution in [0.3, 0.4) is 0 Å². The monoisotopic (exact) mass is 229 g/mol. The van der Waals surface area contributed by atoms with Crippen LogP contribution in [0.15, 0.2) is 30.3 Å². The lowest BCUT2D eigenvalue weighted by molar-refractivity contribution is -0.142. The average molecular weight is 230 g/mol. The second-order valence-corrected chi connectivity index (χ2v) is 3.15. The Bertz CT molecular complexity index is 290. The quantitative estimate of drug-likeness (QED) is 0.797. The summed E-state index contributed by atoms with van der Waals surface area (Å²) in [7, 11) is 1.35. The minimum atomic E-state index is -0.514. The Kier molecular flexibility index (Phi) is 6.75. The molecule has 0 bridgehead atoms. The van der Waals surface area contributed by atoms with Gasteiger partial charge < -0.3 is 10.5 Å². The Labute approximate surface area is 96.0 Å². The van der Waals surface area contributed by atoms with Crippen molar-refractivity contribution in [2.45, 2.75) is 18.9 Å². The van der Waals surface area contributed by atoms with Crippen LogP contribution in [0.25, 0.3) is 0 Å². The highest BCUT2D eigenvalue weighted by molar-refractivity contribution is 5.85. The van der Waals surface area contributed by atoms with E-state index in [1.807, 2.05) is 30.3 Å². The van der Waals surface area contributed by atoms with E-state index in [9.17, 15) is 4.79 Å². The van der Waals surface area contributed by atoms with E-state index in [0.717, 1.165) is 6.42 Å². The Morgan fingerprint density at radius 1 is 1.40 bits per heavy atom. The molecule has 1 rings (SSSR count). The number of methoxy groups -OCH3 is 1. The van der Waals surface area contributed by atoms with Crippen LogP contribution < -0.4 is 5.73 Å². The number of ether oxygens (including phenoxy) is 1. The van der Waals surface area contributed by atoms with Crippen LogP contribution in [0.4, 0.5) is 0 Å². The molecule has 0 unspecified atom stereocenters. The predicted molar refractivity (Wildman–Crippen MR) is 62.0 cm³/mol. The Hall–Kier alpha value is -1.06. The number of esters is 1. The normalized spacial score (nSPS) is 11.3. The Morgan fingerprint density at radius 3 is 2.53 bits per heavy atom. The maximum absolute atomic E-state index is 11.0. The van der Waals surface area contributed by atoms with Gasteiger partial charge in [-0.15, -0.1) is 12.4 Å². The van der Waals surface area contributed by atoms with Gasteiger partial charge in [-0.05, 0) is 18.4 Å². The van der Waals surface area contributed by atoms with Gasteiger partial charge in [0.15, 0.2) is 0 Å². The third-order valence-corrected chi connectivity index (χ3v) is 2.09. The van der Waals surface area contributed by atoms with Crippen molar-refractivity contribution in [1.82, 2.24) is 0 Å². The summed E-state index contributed by atoms with van der Waals surface area (Å²) in [5, 5.41) is 0. The molecule has 0 aliphatic carbocycles. The first-order valence-electron chi connectivity index (χ1n) is 4.61. The first-order chi connectivity index (χ1) is 6.74. The Morgan fingerprint density at radius 2 is 2.00 bits per heavy atom. The van der Waals surface area contributed by atoms with Crippen molar-refractivity contribution in [2.75, 3.05) is 7.11 Å². The largest absolute Gasteiger partial charge is 0.468 e. The summed E-state index contributed by atoms with van der Waals surface area (Å²) in [5.74, 6) is -0.346. The van der Waals surface area contributed by atoms with Crippen LogP contribution >= 0.6 is 12.4 Å². The molecule has 0 aliphatic rings. The Balaban J connectivity index is 0.00000196. The van der Waals surface area contributed by atoms with Gasteiger partial charge >= 0.3 is 5.97 Å². The highest BCUT2D eigenvalue weighted by Gasteiger charge is 2.12. The first-order valence-corrected chi connectivity index (χ1v) is 4.61. The molecule has 1 aromatic carbocycles. The van der Waals surface area contributed by atoms with Gasteiger partial charge in [-0.2, -0.15) is 0 Å². The molecule has 0 radical (unpaired) electrons. The molecule has 2 N–H and O–H groups in total. The fourth-order valence-corrected chi connectivity index (χ4v) is 1.24. The summed E-state index contributed by atoms with van der Waals surface area (Å²) in [4.78, 5) is 11.0. The molecule has 0 aromatic heterocycles. The van der Waals surface area contributed by atoms with Crippen molar-refractivity contribution in [2.24, 2.45) is 5.73 Å². The summed E-state index contributed by atoms with van der Waals surface area (Å²) in [5.41, 5.74) is 6.79. The van der Waals surface area contributed by atoms with Gasteiger partial charge in [-0.1, -0.05) is 30.3 Å². The number of hydrogen-bond acceptors (Lipinski definition) is 3. The third kappa shape index (κ3) is 4.81. The van der Waals surface area contributed by atoms with Gasteiger partial charge in [0.1, 0.15) is 6.04 Å². The summed E-state index contributed by atoms with van der Waals surface area (Å²) < 4.78 is 4.54. The van der Waals surface area contributed by atoms with Crippen LogP contribution in [-0.2, 0) is 16.0 Å². The SMILES string of the molecule is COC(=O)[C@@H](N)CCc1ccccc1.Cl. The van der Waals surface area contributed by atoms with Gasteiger partial charge in [-0.3, -0.25) is 4.79 Å². The minimum absolute atomic E-state index is 0. The second kappa shape index (κ2) is 7.26. The molecule has 0 saturated carbocycles. The van der Waals surface area contributed by atoms with Gasteiger partial charge in [0.25, 0.3) is 0 Å². The lowest BCUT2D eigenvalue weighted by Gasteiger charge is -2.08. The maximum atomic E-state index is 11.0. The van der Waals surface area contributed by atoms with Crippen molar-refractivity contribution in [1.29, 1.82) is 0 Å². The molecule has 15 heavy (non-hydrogen) atoms. The molecule has 0 aliphatic heterocycles. The fraction of sp³-hybridized carbons (Fsp3) is 0.364. The first kappa shape index (κ1) is 13.9. The number of benzene rings is 1. The van der Waals surface area contributed by atoms with Crippen LogP contribution in [0.1, 0.15) is 12.0 Å². The van der Waals surface area contributed by atoms with Crippen LogP contribution in [0.5, 0.6) is 0 Å². The number of nitrogens with two attached hydrogens (primary N) is 1. The number of rotatable bonds is 4. The molecule has 1 atom stereocenters. The topological polar surface area (TPSA) is 52.3 Å². The van der Waals surface area contributed by atoms with Crippen molar-refractivity contribution >= 4 is 18.4 Å². The number of hydrogen-bond donors (Lipinski definition) is 1. The molecule has 1 aromatic rings. The number of aryl methyl sites for hydroxylation is 1. The van der Waals surface area contributed by atoms with E-state index in [4.69, 9.17) is 5.73 Å². The predicted octanol–water partition coefficient (Wildman–Crippen LogP) is 1.54. The minimum Gasteiger partial charge on any atom is -0.468 e. The van der Waals surface area contributed by atoms with E-state index in [-0.39, 0.29) is 18.4 Å². The van der Waals surface area contributed by atoms with Crippen LogP contribution in [0.2, 0.25) is 0 Å². The van der Waals surface area contributed by atoms with E-state index in [0.29, 0.717) is 6.42 Å². The van der Waals surface area contributed by atoms with Crippen molar-refractivity contribution < 1.29 is 9.53 Å². The zero-order valence-electron chi connectivity index (χ0n) is 8.68. The standard InChI is InChI=1S/C11H15NO2.ClH/c1-14-11(13)10(12)8-7-9-5-3-2-4-6-9;/h2-6,10H,7-8,12H2,1H3;1H/t10-;/m0./s1. The highest BCUT2D eigenvalue weighted by Crippen LogP contribution is 2.04. The highest BCUT2D eigenvalue weighted by atomic mass is 35.5. The van der Waals surface area contributed by atoms with E-state index in [2.05, 4.69) is 4.74 Å². The molecule has 4 heteroatoms. The van der Waals surface area contributed by atoms with E-state index < -0.39 is 6.04 Å².